The monoisotopic (exact) mass is 238 g/mol. The zero-order valence-corrected chi connectivity index (χ0v) is 13.4. The first-order valence-corrected chi connectivity index (χ1v) is 8.56. The Kier molecular flexibility index (Phi) is 8.15. The van der Waals surface area contributed by atoms with Gasteiger partial charge in [-0.15, -0.1) is 0 Å². The van der Waals surface area contributed by atoms with Crippen LogP contribution in [0.15, 0.2) is 0 Å². The van der Waals surface area contributed by atoms with Crippen LogP contribution in [-0.2, 0) is 8.23 Å². The van der Waals surface area contributed by atoms with E-state index in [1.54, 1.807) is 0 Å². The predicted octanol–water partition coefficient (Wildman–Crippen LogP) is -2.42. The molecule has 7 heteroatoms. The molecule has 0 radical (unpaired) electrons. The number of hydrogen-bond donors (Lipinski definition) is 2. The van der Waals surface area contributed by atoms with Crippen LogP contribution in [0, 0.1) is 0 Å². The first kappa shape index (κ1) is 13.5. The summed E-state index contributed by atoms with van der Waals surface area (Å²) in [6.45, 7) is 4.17. The van der Waals surface area contributed by atoms with Gasteiger partial charge in [0.05, 0.1) is 0 Å². The molecule has 80 valence electrons. The molecule has 0 aromatic heterocycles. The fraction of sp³-hybridized carbons (Fsp3) is 1.00. The van der Waals surface area contributed by atoms with E-state index in [2.05, 4.69) is 13.8 Å². The molecule has 0 saturated carbocycles. The Balaban J connectivity index is 4.01. The van der Waals surface area contributed by atoms with Gasteiger partial charge >= 0.3 is 0 Å². The lowest BCUT2D eigenvalue weighted by molar-refractivity contribution is 0.461. The molecule has 2 atom stereocenters. The maximum atomic E-state index is 5.97. The Morgan fingerprint density at radius 2 is 1.77 bits per heavy atom. The van der Waals surface area contributed by atoms with Crippen molar-refractivity contribution in [2.45, 2.75) is 38.0 Å². The number of rotatable bonds is 7. The SMILES string of the molecule is CCC(N)[SiH](O[SiH2]O[SiH3])C(N)CC. The molecule has 0 amide bonds. The first-order chi connectivity index (χ1) is 6.17. The Morgan fingerprint density at radius 3 is 2.08 bits per heavy atom. The molecule has 0 heterocycles. The lowest BCUT2D eigenvalue weighted by atomic mass is 10.5. The average molecular weight is 239 g/mol. The maximum absolute atomic E-state index is 5.97. The van der Waals surface area contributed by atoms with Crippen molar-refractivity contribution in [2.24, 2.45) is 11.5 Å². The number of hydrogen-bond acceptors (Lipinski definition) is 4. The number of nitrogens with two attached hydrogens (primary N) is 2. The highest BCUT2D eigenvalue weighted by Gasteiger charge is 2.25. The van der Waals surface area contributed by atoms with Crippen LogP contribution in [0.25, 0.3) is 0 Å². The van der Waals surface area contributed by atoms with Gasteiger partial charge in [-0.05, 0) is 12.8 Å². The summed E-state index contributed by atoms with van der Waals surface area (Å²) >= 11 is 0. The topological polar surface area (TPSA) is 70.5 Å². The molecule has 0 fully saturated rings. The van der Waals surface area contributed by atoms with Crippen molar-refractivity contribution < 1.29 is 8.23 Å². The van der Waals surface area contributed by atoms with E-state index in [9.17, 15) is 0 Å². The quantitative estimate of drug-likeness (QED) is 0.484. The van der Waals surface area contributed by atoms with E-state index in [1.807, 2.05) is 0 Å². The van der Waals surface area contributed by atoms with Crippen molar-refractivity contribution in [1.82, 2.24) is 0 Å². The molecule has 0 aromatic carbocycles. The second-order valence-corrected chi connectivity index (χ2v) is 9.70. The van der Waals surface area contributed by atoms with Crippen molar-refractivity contribution in [3.05, 3.63) is 0 Å². The zero-order chi connectivity index (χ0) is 10.3. The third-order valence-corrected chi connectivity index (χ3v) is 7.82. The Labute approximate surface area is 87.7 Å². The van der Waals surface area contributed by atoms with Gasteiger partial charge in [-0.25, -0.2) is 0 Å². The highest BCUT2D eigenvalue weighted by molar-refractivity contribution is 6.60. The van der Waals surface area contributed by atoms with Gasteiger partial charge < -0.3 is 19.7 Å². The second-order valence-electron chi connectivity index (χ2n) is 3.18. The van der Waals surface area contributed by atoms with Crippen LogP contribution in [0.2, 0.25) is 0 Å². The van der Waals surface area contributed by atoms with Gasteiger partial charge in [0.2, 0.25) is 0 Å². The van der Waals surface area contributed by atoms with Crippen molar-refractivity contribution in [3.8, 4) is 0 Å². The van der Waals surface area contributed by atoms with Crippen LogP contribution in [0.5, 0.6) is 0 Å². The predicted molar refractivity (Wildman–Crippen MR) is 64.3 cm³/mol. The molecule has 0 aromatic rings. The van der Waals surface area contributed by atoms with Crippen LogP contribution >= 0.6 is 0 Å². The highest BCUT2D eigenvalue weighted by atomic mass is 28.4. The standard InChI is InChI=1S/C6H22N2O2Si3/c1-3-5(7)13(6(8)4-2)10-12-9-11/h5-6,13H,3-4,7-8,12H2,1-2,11H3. The third-order valence-electron chi connectivity index (χ3n) is 2.17. The van der Waals surface area contributed by atoms with Crippen LogP contribution in [0.3, 0.4) is 0 Å². The summed E-state index contributed by atoms with van der Waals surface area (Å²) in [6, 6.07) is 0. The average Bonchev–Trinajstić information content (AvgIpc) is 2.17. The smallest absolute Gasteiger partial charge is 0.283 e. The van der Waals surface area contributed by atoms with Crippen molar-refractivity contribution in [3.63, 3.8) is 0 Å². The Bertz CT molecular complexity index is 120. The maximum Gasteiger partial charge on any atom is 0.283 e. The third kappa shape index (κ3) is 5.05. The van der Waals surface area contributed by atoms with Crippen LogP contribution in [0.1, 0.15) is 26.7 Å². The van der Waals surface area contributed by atoms with E-state index in [0.29, 0.717) is 0 Å². The van der Waals surface area contributed by atoms with E-state index in [4.69, 9.17) is 19.7 Å². The van der Waals surface area contributed by atoms with Gasteiger partial charge in [0, 0.05) is 11.3 Å². The zero-order valence-electron chi connectivity index (χ0n) is 8.82. The summed E-state index contributed by atoms with van der Waals surface area (Å²) in [4.78, 5) is 0. The molecular formula is C6H22N2O2Si3. The van der Waals surface area contributed by atoms with Crippen molar-refractivity contribution >= 4 is 29.5 Å². The summed E-state index contributed by atoms with van der Waals surface area (Å²) in [5, 5.41) is 0. The molecule has 0 aliphatic rings. The fourth-order valence-electron chi connectivity index (χ4n) is 1.18. The van der Waals surface area contributed by atoms with E-state index in [0.717, 1.165) is 23.3 Å². The van der Waals surface area contributed by atoms with Gasteiger partial charge in [-0.1, -0.05) is 13.8 Å². The van der Waals surface area contributed by atoms with E-state index in [1.165, 1.54) is 0 Å². The summed E-state index contributed by atoms with van der Waals surface area (Å²) < 4.78 is 10.9. The van der Waals surface area contributed by atoms with Crippen molar-refractivity contribution in [1.29, 1.82) is 0 Å². The van der Waals surface area contributed by atoms with Gasteiger partial charge in [0.1, 0.15) is 10.5 Å². The van der Waals surface area contributed by atoms with Gasteiger partial charge in [-0.3, -0.25) is 0 Å². The molecule has 2 unspecified atom stereocenters. The molecule has 13 heavy (non-hydrogen) atoms. The Hall–Kier alpha value is 0.491. The van der Waals surface area contributed by atoms with Crippen molar-refractivity contribution in [2.75, 3.05) is 0 Å². The summed E-state index contributed by atoms with van der Waals surface area (Å²) in [6.07, 6.45) is 1.92. The molecule has 0 aliphatic heterocycles. The van der Waals surface area contributed by atoms with Gasteiger partial charge in [0.25, 0.3) is 10.0 Å². The van der Waals surface area contributed by atoms with Gasteiger partial charge in [0.15, 0.2) is 9.04 Å². The minimum atomic E-state index is -1.43. The first-order valence-electron chi connectivity index (χ1n) is 4.79. The lowest BCUT2D eigenvalue weighted by Gasteiger charge is -2.26. The van der Waals surface area contributed by atoms with E-state index >= 15 is 0 Å². The van der Waals surface area contributed by atoms with Crippen LogP contribution in [-0.4, -0.2) is 40.9 Å². The largest absolute Gasteiger partial charge is 0.449 e. The highest BCUT2D eigenvalue weighted by Crippen LogP contribution is 2.02. The summed E-state index contributed by atoms with van der Waals surface area (Å²) in [5.74, 6) is 0. The molecular weight excluding hydrogens is 216 g/mol. The normalized spacial score (nSPS) is 19.4. The van der Waals surface area contributed by atoms with E-state index < -0.39 is 19.0 Å². The molecule has 0 aliphatic carbocycles. The molecule has 4 N–H and O–H groups in total. The minimum Gasteiger partial charge on any atom is -0.449 e. The molecule has 0 rings (SSSR count). The molecule has 0 spiro atoms. The second kappa shape index (κ2) is 7.85. The Morgan fingerprint density at radius 1 is 1.31 bits per heavy atom. The molecule has 0 saturated heterocycles. The summed E-state index contributed by atoms with van der Waals surface area (Å²) in [7, 11) is -1.43. The van der Waals surface area contributed by atoms with Crippen LogP contribution < -0.4 is 11.5 Å². The van der Waals surface area contributed by atoms with E-state index in [-0.39, 0.29) is 11.3 Å². The molecule has 4 nitrogen and oxygen atoms in total. The summed E-state index contributed by atoms with van der Waals surface area (Å²) in [5.41, 5.74) is 12.3. The minimum absolute atomic E-state index is 0.180. The molecule has 0 bridgehead atoms. The fourth-order valence-corrected chi connectivity index (χ4v) is 7.12. The lowest BCUT2D eigenvalue weighted by Crippen LogP contribution is -2.53. The van der Waals surface area contributed by atoms with Crippen LogP contribution in [0.4, 0.5) is 0 Å². The van der Waals surface area contributed by atoms with Gasteiger partial charge in [-0.2, -0.15) is 0 Å².